The first-order valence-electron chi connectivity index (χ1n) is 5.96. The lowest BCUT2D eigenvalue weighted by Gasteiger charge is -2.43. The van der Waals surface area contributed by atoms with Gasteiger partial charge in [0.2, 0.25) is 0 Å². The highest BCUT2D eigenvalue weighted by atomic mass is 32.3. The van der Waals surface area contributed by atoms with Gasteiger partial charge in [0.1, 0.15) is 0 Å². The third-order valence-electron chi connectivity index (χ3n) is 3.71. The highest BCUT2D eigenvalue weighted by Gasteiger charge is 2.47. The lowest BCUT2D eigenvalue weighted by molar-refractivity contribution is 0.0930. The van der Waals surface area contributed by atoms with Gasteiger partial charge in [0, 0.05) is 11.3 Å². The minimum atomic E-state index is -2.62. The Kier molecular flexibility index (Phi) is 3.40. The van der Waals surface area contributed by atoms with E-state index in [-0.39, 0.29) is 11.9 Å². The smallest absolute Gasteiger partial charge is 0.251 e. The summed E-state index contributed by atoms with van der Waals surface area (Å²) in [6.07, 6.45) is 0.605. The number of hydrogen-bond acceptors (Lipinski definition) is 3. The van der Waals surface area contributed by atoms with Gasteiger partial charge in [0.25, 0.3) is 5.91 Å². The van der Waals surface area contributed by atoms with Gasteiger partial charge < -0.3 is 5.32 Å². The molecule has 0 saturated carbocycles. The van der Waals surface area contributed by atoms with Gasteiger partial charge in [-0.15, -0.1) is 0 Å². The average molecular weight is 269 g/mol. The van der Waals surface area contributed by atoms with Gasteiger partial charge in [-0.2, -0.15) is 10.6 Å². The molecule has 100 valence electrons. The SMILES string of the molecule is CC1(C)[C@H](NC(=O)c2ccccc2)CCS1(O)O. The molecule has 1 amide bonds. The van der Waals surface area contributed by atoms with Crippen molar-refractivity contribution < 1.29 is 13.9 Å². The van der Waals surface area contributed by atoms with Crippen molar-refractivity contribution in [2.75, 3.05) is 5.75 Å². The Labute approximate surface area is 109 Å². The van der Waals surface area contributed by atoms with Gasteiger partial charge in [0.05, 0.1) is 10.8 Å². The predicted molar refractivity (Wildman–Crippen MR) is 74.1 cm³/mol. The second-order valence-electron chi connectivity index (χ2n) is 5.16. The summed E-state index contributed by atoms with van der Waals surface area (Å²) in [5.74, 6) is 0.200. The van der Waals surface area contributed by atoms with E-state index in [4.69, 9.17) is 0 Å². The molecule has 0 radical (unpaired) electrons. The van der Waals surface area contributed by atoms with Crippen LogP contribution in [0.1, 0.15) is 30.6 Å². The summed E-state index contributed by atoms with van der Waals surface area (Å²) >= 11 is 0. The lowest BCUT2D eigenvalue weighted by atomic mass is 10.0. The van der Waals surface area contributed by atoms with Crippen LogP contribution in [0.15, 0.2) is 30.3 Å². The second kappa shape index (κ2) is 4.57. The van der Waals surface area contributed by atoms with Crippen LogP contribution in [0.3, 0.4) is 0 Å². The molecule has 3 N–H and O–H groups in total. The van der Waals surface area contributed by atoms with Crippen LogP contribution in [0.5, 0.6) is 0 Å². The van der Waals surface area contributed by atoms with Crippen LogP contribution in [0.25, 0.3) is 0 Å². The van der Waals surface area contributed by atoms with Gasteiger partial charge in [-0.3, -0.25) is 13.9 Å². The quantitative estimate of drug-likeness (QED) is 0.773. The monoisotopic (exact) mass is 269 g/mol. The first-order valence-corrected chi connectivity index (χ1v) is 7.67. The summed E-state index contributed by atoms with van der Waals surface area (Å²) in [6, 6.07) is 8.76. The number of nitrogens with one attached hydrogen (secondary N) is 1. The van der Waals surface area contributed by atoms with Crippen LogP contribution >= 0.6 is 10.6 Å². The molecule has 0 aromatic heterocycles. The zero-order chi connectivity index (χ0) is 13.4. The highest BCUT2D eigenvalue weighted by Crippen LogP contribution is 2.59. The lowest BCUT2D eigenvalue weighted by Crippen LogP contribution is -2.47. The standard InChI is InChI=1S/C13H19NO3S/c1-13(2)11(8-9-18(13,16)17)14-12(15)10-6-4-3-5-7-10/h3-7,11,16-17H,8-9H2,1-2H3,(H,14,15)/t11-/m1/s1. The largest absolute Gasteiger partial charge is 0.347 e. The van der Waals surface area contributed by atoms with Crippen molar-refractivity contribution in [1.82, 2.24) is 5.32 Å². The van der Waals surface area contributed by atoms with E-state index in [0.29, 0.717) is 17.7 Å². The molecular weight excluding hydrogens is 250 g/mol. The Bertz CT molecular complexity index is 445. The molecular formula is C13H19NO3S. The minimum absolute atomic E-state index is 0.161. The van der Waals surface area contributed by atoms with Crippen molar-refractivity contribution in [2.45, 2.75) is 31.1 Å². The first-order chi connectivity index (χ1) is 8.34. The summed E-state index contributed by atoms with van der Waals surface area (Å²) in [5.41, 5.74) is 0.594. The second-order valence-corrected chi connectivity index (χ2v) is 7.95. The molecule has 4 nitrogen and oxygen atoms in total. The van der Waals surface area contributed by atoms with Crippen LogP contribution in [-0.4, -0.2) is 31.6 Å². The summed E-state index contributed by atoms with van der Waals surface area (Å²) in [6.45, 7) is 3.59. The van der Waals surface area contributed by atoms with Crippen molar-refractivity contribution in [3.8, 4) is 0 Å². The Morgan fingerprint density at radius 3 is 2.44 bits per heavy atom. The number of hydrogen-bond donors (Lipinski definition) is 3. The predicted octanol–water partition coefficient (Wildman–Crippen LogP) is 2.72. The third-order valence-corrected chi connectivity index (χ3v) is 6.49. The third kappa shape index (κ3) is 2.25. The number of carbonyl (C=O) groups excluding carboxylic acids is 1. The maximum atomic E-state index is 12.0. The van der Waals surface area contributed by atoms with Gasteiger partial charge in [-0.1, -0.05) is 18.2 Å². The molecule has 0 unspecified atom stereocenters. The first kappa shape index (κ1) is 13.4. The number of carbonyl (C=O) groups is 1. The maximum absolute atomic E-state index is 12.0. The fraction of sp³-hybridized carbons (Fsp3) is 0.462. The topological polar surface area (TPSA) is 69.6 Å². The molecule has 1 aliphatic heterocycles. The molecule has 0 bridgehead atoms. The Morgan fingerprint density at radius 2 is 1.94 bits per heavy atom. The average Bonchev–Trinajstić information content (AvgIpc) is 2.53. The van der Waals surface area contributed by atoms with Crippen LogP contribution < -0.4 is 5.32 Å². The summed E-state index contributed by atoms with van der Waals surface area (Å²) in [4.78, 5) is 12.0. The van der Waals surface area contributed by atoms with E-state index < -0.39 is 15.3 Å². The molecule has 1 aromatic carbocycles. The van der Waals surface area contributed by atoms with Gasteiger partial charge >= 0.3 is 0 Å². The van der Waals surface area contributed by atoms with Crippen LogP contribution in [0.2, 0.25) is 0 Å². The van der Waals surface area contributed by atoms with Crippen LogP contribution in [0.4, 0.5) is 0 Å². The Balaban J connectivity index is 2.10. The molecule has 1 aromatic rings. The number of benzene rings is 1. The van der Waals surface area contributed by atoms with E-state index in [2.05, 4.69) is 5.32 Å². The fourth-order valence-electron chi connectivity index (χ4n) is 2.20. The Hall–Kier alpha value is -1.04. The fourth-order valence-corrected chi connectivity index (χ4v) is 3.92. The molecule has 2 rings (SSSR count). The molecule has 1 fully saturated rings. The normalized spacial score (nSPS) is 26.6. The number of amides is 1. The van der Waals surface area contributed by atoms with Gasteiger partial charge in [0.15, 0.2) is 0 Å². The van der Waals surface area contributed by atoms with Crippen molar-refractivity contribution in [2.24, 2.45) is 0 Å². The van der Waals surface area contributed by atoms with Crippen LogP contribution in [0, 0.1) is 0 Å². The summed E-state index contributed by atoms with van der Waals surface area (Å²) in [5, 5.41) is 2.90. The van der Waals surface area contributed by atoms with E-state index >= 15 is 0 Å². The zero-order valence-corrected chi connectivity index (χ0v) is 11.4. The van der Waals surface area contributed by atoms with E-state index in [1.807, 2.05) is 18.2 Å². The van der Waals surface area contributed by atoms with E-state index in [1.165, 1.54) is 0 Å². The van der Waals surface area contributed by atoms with Crippen LogP contribution in [-0.2, 0) is 0 Å². The van der Waals surface area contributed by atoms with E-state index in [0.717, 1.165) is 0 Å². The summed E-state index contributed by atoms with van der Waals surface area (Å²) < 4.78 is 19.3. The molecule has 5 heteroatoms. The minimum Gasteiger partial charge on any atom is -0.347 e. The molecule has 0 spiro atoms. The van der Waals surface area contributed by atoms with Gasteiger partial charge in [-0.05, 0) is 32.4 Å². The molecule has 1 aliphatic rings. The summed E-state index contributed by atoms with van der Waals surface area (Å²) in [7, 11) is -2.62. The van der Waals surface area contributed by atoms with Crippen molar-refractivity contribution >= 4 is 16.5 Å². The molecule has 18 heavy (non-hydrogen) atoms. The van der Waals surface area contributed by atoms with Crippen molar-refractivity contribution in [3.63, 3.8) is 0 Å². The zero-order valence-electron chi connectivity index (χ0n) is 10.6. The molecule has 1 heterocycles. The van der Waals surface area contributed by atoms with Gasteiger partial charge in [-0.25, -0.2) is 0 Å². The molecule has 1 saturated heterocycles. The number of rotatable bonds is 2. The Morgan fingerprint density at radius 1 is 1.33 bits per heavy atom. The van der Waals surface area contributed by atoms with E-state index in [1.54, 1.807) is 26.0 Å². The van der Waals surface area contributed by atoms with Crippen molar-refractivity contribution in [1.29, 1.82) is 0 Å². The van der Waals surface area contributed by atoms with Crippen molar-refractivity contribution in [3.05, 3.63) is 35.9 Å². The van der Waals surface area contributed by atoms with E-state index in [9.17, 15) is 13.9 Å². The molecule has 1 atom stereocenters. The highest BCUT2D eigenvalue weighted by molar-refractivity contribution is 8.25. The molecule has 0 aliphatic carbocycles. The maximum Gasteiger partial charge on any atom is 0.251 e.